The number of nitrogens with zero attached hydrogens (tertiary/aromatic N) is 1. The van der Waals surface area contributed by atoms with Gasteiger partial charge >= 0.3 is 0 Å². The highest BCUT2D eigenvalue weighted by Gasteiger charge is 2.16. The largest absolute Gasteiger partial charge is 0.486 e. The standard InChI is InChI=1S/C20H19ClN2O4/c1-13(24)23(2)16-6-4-15(5-7-16)22-19(25)8-3-14-11-17(21)20-18(12-14)26-9-10-27-20/h3-8,11-12H,9-10H2,1-2H3,(H,22,25)/b8-3+. The van der Waals surface area contributed by atoms with Crippen LogP contribution in [0.3, 0.4) is 0 Å². The summed E-state index contributed by atoms with van der Waals surface area (Å²) in [6, 6.07) is 10.5. The molecule has 0 unspecified atom stereocenters. The quantitative estimate of drug-likeness (QED) is 0.813. The molecule has 6 nitrogen and oxygen atoms in total. The molecule has 0 bridgehead atoms. The molecular weight excluding hydrogens is 368 g/mol. The Morgan fingerprint density at radius 1 is 1.15 bits per heavy atom. The summed E-state index contributed by atoms with van der Waals surface area (Å²) < 4.78 is 11.0. The molecule has 1 N–H and O–H groups in total. The van der Waals surface area contributed by atoms with E-state index in [0.29, 0.717) is 35.4 Å². The number of halogens is 1. The van der Waals surface area contributed by atoms with Crippen molar-refractivity contribution in [3.63, 3.8) is 0 Å². The molecular formula is C20H19ClN2O4. The third-order valence-corrected chi connectivity index (χ3v) is 4.32. The Morgan fingerprint density at radius 3 is 2.56 bits per heavy atom. The first-order valence-electron chi connectivity index (χ1n) is 8.36. The maximum Gasteiger partial charge on any atom is 0.248 e. The fourth-order valence-corrected chi connectivity index (χ4v) is 2.81. The summed E-state index contributed by atoms with van der Waals surface area (Å²) in [6.07, 6.45) is 3.06. The molecule has 27 heavy (non-hydrogen) atoms. The smallest absolute Gasteiger partial charge is 0.248 e. The van der Waals surface area contributed by atoms with Crippen LogP contribution in [-0.4, -0.2) is 32.1 Å². The van der Waals surface area contributed by atoms with Crippen molar-refractivity contribution >= 4 is 40.9 Å². The number of benzene rings is 2. The number of hydrogen-bond acceptors (Lipinski definition) is 4. The predicted molar refractivity (Wildman–Crippen MR) is 106 cm³/mol. The van der Waals surface area contributed by atoms with Crippen molar-refractivity contribution in [3.05, 3.63) is 53.1 Å². The van der Waals surface area contributed by atoms with E-state index >= 15 is 0 Å². The molecule has 1 aliphatic heterocycles. The van der Waals surface area contributed by atoms with Gasteiger partial charge in [-0.25, -0.2) is 0 Å². The summed E-state index contributed by atoms with van der Waals surface area (Å²) in [5.41, 5.74) is 2.12. The molecule has 0 atom stereocenters. The highest BCUT2D eigenvalue weighted by Crippen LogP contribution is 2.38. The molecule has 0 saturated carbocycles. The maximum atomic E-state index is 12.1. The molecule has 7 heteroatoms. The van der Waals surface area contributed by atoms with E-state index in [1.807, 2.05) is 0 Å². The van der Waals surface area contributed by atoms with Crippen LogP contribution in [0.25, 0.3) is 6.08 Å². The van der Waals surface area contributed by atoms with Crippen LogP contribution in [0.15, 0.2) is 42.5 Å². The fourth-order valence-electron chi connectivity index (χ4n) is 2.53. The van der Waals surface area contributed by atoms with Crippen molar-refractivity contribution in [3.8, 4) is 11.5 Å². The van der Waals surface area contributed by atoms with Gasteiger partial charge in [0.2, 0.25) is 11.8 Å². The lowest BCUT2D eigenvalue weighted by atomic mass is 10.1. The molecule has 1 heterocycles. The number of carbonyl (C=O) groups excluding carboxylic acids is 2. The molecule has 2 aromatic carbocycles. The monoisotopic (exact) mass is 386 g/mol. The van der Waals surface area contributed by atoms with Crippen molar-refractivity contribution in [1.29, 1.82) is 0 Å². The number of carbonyl (C=O) groups is 2. The first-order valence-corrected chi connectivity index (χ1v) is 8.74. The van der Waals surface area contributed by atoms with Crippen molar-refractivity contribution < 1.29 is 19.1 Å². The molecule has 0 saturated heterocycles. The van der Waals surface area contributed by atoms with Crippen LogP contribution in [-0.2, 0) is 9.59 Å². The van der Waals surface area contributed by atoms with Crippen LogP contribution < -0.4 is 19.7 Å². The molecule has 2 aromatic rings. The predicted octanol–water partition coefficient (Wildman–Crippen LogP) is 3.75. The highest BCUT2D eigenvalue weighted by molar-refractivity contribution is 6.32. The van der Waals surface area contributed by atoms with Crippen LogP contribution in [0.5, 0.6) is 11.5 Å². The minimum Gasteiger partial charge on any atom is -0.486 e. The lowest BCUT2D eigenvalue weighted by Crippen LogP contribution is -2.22. The molecule has 3 rings (SSSR count). The number of fused-ring (bicyclic) bond motifs is 1. The van der Waals surface area contributed by atoms with Gasteiger partial charge in [0.15, 0.2) is 11.5 Å². The second-order valence-electron chi connectivity index (χ2n) is 5.97. The Hall–Kier alpha value is -2.99. The van der Waals surface area contributed by atoms with E-state index in [1.165, 1.54) is 17.9 Å². The number of amides is 2. The van der Waals surface area contributed by atoms with Gasteiger partial charge in [-0.3, -0.25) is 9.59 Å². The molecule has 0 spiro atoms. The number of ether oxygens (including phenoxy) is 2. The van der Waals surface area contributed by atoms with Gasteiger partial charge in [0.1, 0.15) is 13.2 Å². The summed E-state index contributed by atoms with van der Waals surface area (Å²) in [7, 11) is 1.69. The Balaban J connectivity index is 1.65. The van der Waals surface area contributed by atoms with E-state index in [-0.39, 0.29) is 11.8 Å². The Morgan fingerprint density at radius 2 is 1.85 bits per heavy atom. The van der Waals surface area contributed by atoms with Gasteiger partial charge < -0.3 is 19.7 Å². The van der Waals surface area contributed by atoms with Gasteiger partial charge in [0.05, 0.1) is 5.02 Å². The normalized spacial score (nSPS) is 12.7. The average Bonchev–Trinajstić information content (AvgIpc) is 2.66. The van der Waals surface area contributed by atoms with Crippen LogP contribution in [0.4, 0.5) is 11.4 Å². The van der Waals surface area contributed by atoms with Gasteiger partial charge in [-0.05, 0) is 48.0 Å². The van der Waals surface area contributed by atoms with Crippen LogP contribution in [0.1, 0.15) is 12.5 Å². The average molecular weight is 387 g/mol. The Labute approximate surface area is 162 Å². The lowest BCUT2D eigenvalue weighted by molar-refractivity contribution is -0.116. The van der Waals surface area contributed by atoms with Crippen molar-refractivity contribution in [2.75, 3.05) is 30.5 Å². The zero-order chi connectivity index (χ0) is 19.4. The molecule has 0 aliphatic carbocycles. The number of hydrogen-bond donors (Lipinski definition) is 1. The highest BCUT2D eigenvalue weighted by atomic mass is 35.5. The molecule has 0 fully saturated rings. The second-order valence-corrected chi connectivity index (χ2v) is 6.38. The van der Waals surface area contributed by atoms with Gasteiger partial charge in [-0.1, -0.05) is 11.6 Å². The SMILES string of the molecule is CC(=O)N(C)c1ccc(NC(=O)/C=C/c2cc(Cl)c3c(c2)OCCO3)cc1. The van der Waals surface area contributed by atoms with Crippen LogP contribution in [0, 0.1) is 0 Å². The zero-order valence-corrected chi connectivity index (χ0v) is 15.7. The summed E-state index contributed by atoms with van der Waals surface area (Å²) in [5, 5.41) is 3.21. The van der Waals surface area contributed by atoms with Crippen molar-refractivity contribution in [1.82, 2.24) is 0 Å². The van der Waals surface area contributed by atoms with E-state index in [4.69, 9.17) is 21.1 Å². The molecule has 2 amide bonds. The zero-order valence-electron chi connectivity index (χ0n) is 15.0. The topological polar surface area (TPSA) is 67.9 Å². The van der Waals surface area contributed by atoms with E-state index in [0.717, 1.165) is 11.3 Å². The number of rotatable bonds is 4. The third kappa shape index (κ3) is 4.60. The minimum atomic E-state index is -0.284. The van der Waals surface area contributed by atoms with E-state index in [2.05, 4.69) is 5.32 Å². The second kappa shape index (κ2) is 8.14. The summed E-state index contributed by atoms with van der Waals surface area (Å²) in [5.74, 6) is 0.751. The lowest BCUT2D eigenvalue weighted by Gasteiger charge is -2.19. The Bertz CT molecular complexity index is 894. The van der Waals surface area contributed by atoms with Crippen LogP contribution >= 0.6 is 11.6 Å². The van der Waals surface area contributed by atoms with Gasteiger partial charge in [-0.2, -0.15) is 0 Å². The minimum absolute atomic E-state index is 0.0622. The summed E-state index contributed by atoms with van der Waals surface area (Å²) >= 11 is 6.19. The van der Waals surface area contributed by atoms with E-state index < -0.39 is 0 Å². The molecule has 0 aromatic heterocycles. The van der Waals surface area contributed by atoms with Crippen molar-refractivity contribution in [2.24, 2.45) is 0 Å². The molecule has 0 radical (unpaired) electrons. The van der Waals surface area contributed by atoms with Crippen molar-refractivity contribution in [2.45, 2.75) is 6.92 Å². The van der Waals surface area contributed by atoms with Gasteiger partial charge in [-0.15, -0.1) is 0 Å². The van der Waals surface area contributed by atoms with E-state index in [1.54, 1.807) is 49.5 Å². The summed E-state index contributed by atoms with van der Waals surface area (Å²) in [6.45, 7) is 2.42. The molecule has 1 aliphatic rings. The first-order chi connectivity index (χ1) is 12.9. The van der Waals surface area contributed by atoms with Gasteiger partial charge in [0, 0.05) is 31.4 Å². The number of nitrogens with one attached hydrogen (secondary N) is 1. The first kappa shape index (κ1) is 18.8. The number of anilines is 2. The molecule has 140 valence electrons. The fraction of sp³-hybridized carbons (Fsp3) is 0.200. The third-order valence-electron chi connectivity index (χ3n) is 4.04. The van der Waals surface area contributed by atoms with Gasteiger partial charge in [0.25, 0.3) is 0 Å². The maximum absolute atomic E-state index is 12.1. The Kier molecular flexibility index (Phi) is 5.66. The summed E-state index contributed by atoms with van der Waals surface area (Å²) in [4.78, 5) is 25.0. The van der Waals surface area contributed by atoms with E-state index in [9.17, 15) is 9.59 Å². The van der Waals surface area contributed by atoms with Crippen LogP contribution in [0.2, 0.25) is 5.02 Å².